The highest BCUT2D eigenvalue weighted by Crippen LogP contribution is 2.38. The third-order valence-electron chi connectivity index (χ3n) is 4.43. The Balaban J connectivity index is 1.66. The van der Waals surface area contributed by atoms with Gasteiger partial charge in [-0.2, -0.15) is 0 Å². The van der Waals surface area contributed by atoms with E-state index < -0.39 is 22.8 Å². The van der Waals surface area contributed by atoms with E-state index in [1.807, 2.05) is 6.07 Å². The van der Waals surface area contributed by atoms with Crippen LogP contribution in [0.4, 0.5) is 5.69 Å². The molecule has 0 fully saturated rings. The van der Waals surface area contributed by atoms with Crippen LogP contribution in [0.5, 0.6) is 5.75 Å². The van der Waals surface area contributed by atoms with Crippen molar-refractivity contribution in [1.29, 1.82) is 0 Å². The lowest BCUT2D eigenvalue weighted by molar-refractivity contribution is -0.384. The van der Waals surface area contributed by atoms with Crippen LogP contribution < -0.4 is 10.1 Å². The summed E-state index contributed by atoms with van der Waals surface area (Å²) in [7, 11) is 0. The lowest BCUT2D eigenvalue weighted by Gasteiger charge is -2.16. The molecule has 1 unspecified atom stereocenters. The monoisotopic (exact) mass is 370 g/mol. The fourth-order valence-electron chi connectivity index (χ4n) is 3.08. The summed E-state index contributed by atoms with van der Waals surface area (Å²) < 4.78 is 5.48. The molecule has 2 aromatic rings. The molecule has 8 nitrogen and oxygen atoms in total. The van der Waals surface area contributed by atoms with E-state index in [0.717, 1.165) is 5.56 Å². The Labute approximate surface area is 154 Å². The van der Waals surface area contributed by atoms with Crippen molar-refractivity contribution >= 4 is 17.6 Å². The predicted octanol–water partition coefficient (Wildman–Crippen LogP) is 2.27. The summed E-state index contributed by atoms with van der Waals surface area (Å²) in [5.74, 6) is -1.40. The molecule has 0 spiro atoms. The molecule has 3 rings (SSSR count). The molecule has 140 valence electrons. The van der Waals surface area contributed by atoms with Crippen molar-refractivity contribution in [2.75, 3.05) is 6.61 Å². The number of nitrogens with one attached hydrogen (secondary N) is 1. The van der Waals surface area contributed by atoms with Crippen molar-refractivity contribution in [2.45, 2.75) is 24.8 Å². The number of carbonyl (C=O) groups excluding carboxylic acids is 1. The minimum absolute atomic E-state index is 0.00721. The third-order valence-corrected chi connectivity index (χ3v) is 4.43. The van der Waals surface area contributed by atoms with Crippen molar-refractivity contribution in [3.8, 4) is 5.75 Å². The largest absolute Gasteiger partial charge is 0.493 e. The topological polar surface area (TPSA) is 119 Å². The summed E-state index contributed by atoms with van der Waals surface area (Å²) in [6, 6.07) is 12.2. The number of non-ortho nitro benzene ring substituents is 1. The molecular formula is C19H18N2O6. The van der Waals surface area contributed by atoms with Gasteiger partial charge >= 0.3 is 5.97 Å². The summed E-state index contributed by atoms with van der Waals surface area (Å²) in [4.78, 5) is 34.3. The van der Waals surface area contributed by atoms with Crippen molar-refractivity contribution in [3.63, 3.8) is 0 Å². The fraction of sp³-hybridized carbons (Fsp3) is 0.263. The minimum Gasteiger partial charge on any atom is -0.493 e. The number of amides is 1. The Morgan fingerprint density at radius 1 is 1.26 bits per heavy atom. The SMILES string of the molecule is O=C(CC1COc2ccc([N+](=O)[O-])cc21)N[C@@H](Cc1ccccc1)C(=O)O. The fourth-order valence-corrected chi connectivity index (χ4v) is 3.08. The number of nitro groups is 1. The maximum Gasteiger partial charge on any atom is 0.326 e. The van der Waals surface area contributed by atoms with E-state index >= 15 is 0 Å². The summed E-state index contributed by atoms with van der Waals surface area (Å²) in [5.41, 5.74) is 1.32. The maximum atomic E-state index is 12.4. The highest BCUT2D eigenvalue weighted by Gasteiger charge is 2.30. The lowest BCUT2D eigenvalue weighted by atomic mass is 9.96. The van der Waals surface area contributed by atoms with E-state index in [2.05, 4.69) is 5.32 Å². The number of aliphatic carboxylic acids is 1. The number of carbonyl (C=O) groups is 2. The number of rotatable bonds is 7. The molecule has 2 N–H and O–H groups in total. The van der Waals surface area contributed by atoms with E-state index in [9.17, 15) is 24.8 Å². The van der Waals surface area contributed by atoms with E-state index in [1.54, 1.807) is 24.3 Å². The van der Waals surface area contributed by atoms with Gasteiger partial charge in [0.1, 0.15) is 11.8 Å². The molecule has 0 saturated carbocycles. The second-order valence-corrected chi connectivity index (χ2v) is 6.34. The number of fused-ring (bicyclic) bond motifs is 1. The van der Waals surface area contributed by atoms with Gasteiger partial charge in [-0.05, 0) is 11.6 Å². The molecule has 0 aliphatic carbocycles. The normalized spacial score (nSPS) is 16.1. The molecule has 2 atom stereocenters. The number of nitro benzene ring substituents is 1. The summed E-state index contributed by atoms with van der Waals surface area (Å²) >= 11 is 0. The summed E-state index contributed by atoms with van der Waals surface area (Å²) in [6.07, 6.45) is 0.165. The van der Waals surface area contributed by atoms with Gasteiger partial charge in [0.15, 0.2) is 0 Å². The van der Waals surface area contributed by atoms with Crippen LogP contribution in [-0.2, 0) is 16.0 Å². The summed E-state index contributed by atoms with van der Waals surface area (Å²) in [6.45, 7) is 0.223. The maximum absolute atomic E-state index is 12.4. The molecule has 2 aromatic carbocycles. The average molecular weight is 370 g/mol. The molecule has 0 saturated heterocycles. The van der Waals surface area contributed by atoms with E-state index in [0.29, 0.717) is 11.3 Å². The molecule has 1 amide bonds. The number of carboxylic acid groups (broad SMARTS) is 1. The smallest absolute Gasteiger partial charge is 0.326 e. The van der Waals surface area contributed by atoms with Crippen LogP contribution in [-0.4, -0.2) is 34.6 Å². The number of benzene rings is 2. The Kier molecular flexibility index (Phi) is 5.35. The standard InChI is InChI=1S/C19H18N2O6/c22-18(20-16(19(23)24)8-12-4-2-1-3-5-12)9-13-11-27-17-7-6-14(21(25)26)10-15(13)17/h1-7,10,13,16H,8-9,11H2,(H,20,22)(H,23,24)/t13?,16-/m0/s1. The van der Waals surface area contributed by atoms with E-state index in [1.165, 1.54) is 18.2 Å². The quantitative estimate of drug-likeness (QED) is 0.570. The molecule has 0 bridgehead atoms. The first kappa shape index (κ1) is 18.4. The number of hydrogen-bond donors (Lipinski definition) is 2. The van der Waals surface area contributed by atoms with Crippen molar-refractivity contribution in [3.05, 3.63) is 69.8 Å². The number of hydrogen-bond acceptors (Lipinski definition) is 5. The minimum atomic E-state index is -1.12. The number of ether oxygens (including phenoxy) is 1. The van der Waals surface area contributed by atoms with Gasteiger partial charge in [0, 0.05) is 36.5 Å². The molecule has 0 aromatic heterocycles. The van der Waals surface area contributed by atoms with Crippen LogP contribution in [0.25, 0.3) is 0 Å². The number of carboxylic acids is 1. The van der Waals surface area contributed by atoms with Crippen molar-refractivity contribution < 1.29 is 24.4 Å². The second kappa shape index (κ2) is 7.86. The second-order valence-electron chi connectivity index (χ2n) is 6.34. The van der Waals surface area contributed by atoms with E-state index in [4.69, 9.17) is 4.74 Å². The van der Waals surface area contributed by atoms with Crippen molar-refractivity contribution in [1.82, 2.24) is 5.32 Å². The molecule has 8 heteroatoms. The molecule has 1 heterocycles. The zero-order chi connectivity index (χ0) is 19.4. The Morgan fingerprint density at radius 2 is 2.00 bits per heavy atom. The Hall–Kier alpha value is -3.42. The van der Waals surface area contributed by atoms with Crippen LogP contribution in [0, 0.1) is 10.1 Å². The molecule has 1 aliphatic heterocycles. The molecular weight excluding hydrogens is 352 g/mol. The molecule has 1 aliphatic rings. The van der Waals surface area contributed by atoms with Gasteiger partial charge in [-0.15, -0.1) is 0 Å². The van der Waals surface area contributed by atoms with Crippen LogP contribution in [0.1, 0.15) is 23.5 Å². The predicted molar refractivity (Wildman–Crippen MR) is 95.7 cm³/mol. The van der Waals surface area contributed by atoms with E-state index in [-0.39, 0.29) is 31.1 Å². The first-order valence-corrected chi connectivity index (χ1v) is 8.41. The first-order chi connectivity index (χ1) is 12.9. The Morgan fingerprint density at radius 3 is 2.67 bits per heavy atom. The highest BCUT2D eigenvalue weighted by molar-refractivity contribution is 5.84. The molecule has 27 heavy (non-hydrogen) atoms. The Bertz CT molecular complexity index is 868. The zero-order valence-corrected chi connectivity index (χ0v) is 14.3. The van der Waals surface area contributed by atoms with Crippen LogP contribution in [0.3, 0.4) is 0 Å². The van der Waals surface area contributed by atoms with Gasteiger partial charge in [-0.1, -0.05) is 30.3 Å². The molecule has 0 radical (unpaired) electrons. The number of nitrogens with zero attached hydrogens (tertiary/aromatic N) is 1. The lowest BCUT2D eigenvalue weighted by Crippen LogP contribution is -2.42. The first-order valence-electron chi connectivity index (χ1n) is 8.41. The van der Waals surface area contributed by atoms with Crippen LogP contribution >= 0.6 is 0 Å². The third kappa shape index (κ3) is 4.41. The van der Waals surface area contributed by atoms with Gasteiger partial charge in [0.25, 0.3) is 5.69 Å². The highest BCUT2D eigenvalue weighted by atomic mass is 16.6. The van der Waals surface area contributed by atoms with Gasteiger partial charge < -0.3 is 15.2 Å². The average Bonchev–Trinajstić information content (AvgIpc) is 3.04. The van der Waals surface area contributed by atoms with Gasteiger partial charge in [0.2, 0.25) is 5.91 Å². The van der Waals surface area contributed by atoms with Crippen LogP contribution in [0.2, 0.25) is 0 Å². The summed E-state index contributed by atoms with van der Waals surface area (Å²) in [5, 5.41) is 22.9. The van der Waals surface area contributed by atoms with Gasteiger partial charge in [-0.25, -0.2) is 4.79 Å². The van der Waals surface area contributed by atoms with Crippen LogP contribution in [0.15, 0.2) is 48.5 Å². The zero-order valence-electron chi connectivity index (χ0n) is 14.3. The van der Waals surface area contributed by atoms with Gasteiger partial charge in [-0.3, -0.25) is 14.9 Å². The van der Waals surface area contributed by atoms with Gasteiger partial charge in [0.05, 0.1) is 11.5 Å². The van der Waals surface area contributed by atoms with Crippen molar-refractivity contribution in [2.24, 2.45) is 0 Å².